The lowest BCUT2D eigenvalue weighted by atomic mass is 9.96. The van der Waals surface area contributed by atoms with E-state index in [1.54, 1.807) is 22.8 Å². The Morgan fingerprint density at radius 1 is 1.32 bits per heavy atom. The van der Waals surface area contributed by atoms with Crippen LogP contribution in [0, 0.1) is 18.3 Å². The van der Waals surface area contributed by atoms with E-state index in [-0.39, 0.29) is 41.7 Å². The zero-order valence-electron chi connectivity index (χ0n) is 22.7. The minimum atomic E-state index is -4.49. The lowest BCUT2D eigenvalue weighted by Crippen LogP contribution is -2.56. The number of para-hydroxylation sites is 1. The average molecular weight is 555 g/mol. The molecule has 1 amide bonds. The van der Waals surface area contributed by atoms with Crippen LogP contribution in [0.1, 0.15) is 40.8 Å². The van der Waals surface area contributed by atoms with Gasteiger partial charge in [-0.25, -0.2) is 4.98 Å². The van der Waals surface area contributed by atoms with E-state index >= 15 is 0 Å². The molecular weight excluding hydrogens is 521 g/mol. The van der Waals surface area contributed by atoms with Gasteiger partial charge < -0.3 is 24.8 Å². The summed E-state index contributed by atoms with van der Waals surface area (Å²) in [5, 5.41) is 13.6. The van der Waals surface area contributed by atoms with E-state index in [0.717, 1.165) is 31.0 Å². The summed E-state index contributed by atoms with van der Waals surface area (Å²) in [7, 11) is 2.03. The van der Waals surface area contributed by atoms with Crippen molar-refractivity contribution in [3.63, 3.8) is 0 Å². The van der Waals surface area contributed by atoms with Crippen LogP contribution in [0.3, 0.4) is 0 Å². The standard InChI is InChI=1S/C29H33F3N6O2/c1-4-25(39)38-14-19(15-38)34-26-21-10-12-37(27-18(2)7-5-9-23(27)29(30,31)32)16-24(21)35-28(22(26)13-33)40-17-20-8-6-11-36(20)3/h4-5,7,9,19-20H,1,6,8,10-12,14-17H2,2-3H3,(H,34,35). The lowest BCUT2D eigenvalue weighted by molar-refractivity contribution is -0.137. The Labute approximate surface area is 232 Å². The molecule has 0 aliphatic carbocycles. The number of pyridine rings is 1. The molecule has 1 aromatic heterocycles. The molecule has 2 fully saturated rings. The number of carbonyl (C=O) groups is 1. The number of amides is 1. The molecule has 4 heterocycles. The molecular formula is C29H33F3N6O2. The largest absolute Gasteiger partial charge is 0.475 e. The van der Waals surface area contributed by atoms with Gasteiger partial charge in [-0.2, -0.15) is 18.4 Å². The van der Waals surface area contributed by atoms with Gasteiger partial charge in [0.25, 0.3) is 0 Å². The van der Waals surface area contributed by atoms with Crippen LogP contribution in [-0.4, -0.2) is 72.6 Å². The molecule has 3 aliphatic heterocycles. The molecule has 40 heavy (non-hydrogen) atoms. The number of benzene rings is 1. The molecule has 2 saturated heterocycles. The first-order valence-electron chi connectivity index (χ1n) is 13.5. The monoisotopic (exact) mass is 554 g/mol. The second-order valence-electron chi connectivity index (χ2n) is 10.7. The predicted octanol–water partition coefficient (Wildman–Crippen LogP) is 4.12. The van der Waals surface area contributed by atoms with Gasteiger partial charge >= 0.3 is 6.18 Å². The van der Waals surface area contributed by atoms with Crippen molar-refractivity contribution in [3.05, 3.63) is 58.8 Å². The number of nitrogens with zero attached hydrogens (tertiary/aromatic N) is 5. The van der Waals surface area contributed by atoms with E-state index in [1.807, 2.05) is 7.05 Å². The predicted molar refractivity (Wildman–Crippen MR) is 145 cm³/mol. The molecule has 0 spiro atoms. The van der Waals surface area contributed by atoms with E-state index in [9.17, 15) is 23.2 Å². The van der Waals surface area contributed by atoms with E-state index in [4.69, 9.17) is 9.72 Å². The maximum absolute atomic E-state index is 13.9. The Kier molecular flexibility index (Phi) is 7.64. The molecule has 11 heteroatoms. The Morgan fingerprint density at radius 3 is 2.75 bits per heavy atom. The van der Waals surface area contributed by atoms with Crippen molar-refractivity contribution < 1.29 is 22.7 Å². The number of nitriles is 1. The Balaban J connectivity index is 1.49. The molecule has 0 bridgehead atoms. The molecule has 1 aromatic carbocycles. The van der Waals surface area contributed by atoms with Crippen LogP contribution < -0.4 is 15.0 Å². The molecule has 3 aliphatic rings. The summed E-state index contributed by atoms with van der Waals surface area (Å²) < 4.78 is 48.0. The van der Waals surface area contributed by atoms with Crippen molar-refractivity contribution in [1.29, 1.82) is 5.26 Å². The van der Waals surface area contributed by atoms with Crippen LogP contribution in [0.2, 0.25) is 0 Å². The maximum Gasteiger partial charge on any atom is 0.418 e. The fourth-order valence-corrected chi connectivity index (χ4v) is 5.87. The van der Waals surface area contributed by atoms with Gasteiger partial charge in [0.15, 0.2) is 0 Å². The van der Waals surface area contributed by atoms with Crippen molar-refractivity contribution in [1.82, 2.24) is 14.8 Å². The Morgan fingerprint density at radius 2 is 2.10 bits per heavy atom. The van der Waals surface area contributed by atoms with Crippen LogP contribution in [0.4, 0.5) is 24.5 Å². The number of likely N-dealkylation sites (N-methyl/N-ethyl adjacent to an activating group) is 1. The van der Waals surface area contributed by atoms with Crippen molar-refractivity contribution in [3.8, 4) is 11.9 Å². The number of hydrogen-bond donors (Lipinski definition) is 1. The van der Waals surface area contributed by atoms with Gasteiger partial charge in [0.2, 0.25) is 11.8 Å². The van der Waals surface area contributed by atoms with E-state index in [0.29, 0.717) is 49.6 Å². The summed E-state index contributed by atoms with van der Waals surface area (Å²) in [5.74, 6) is 0.0273. The molecule has 1 unspecified atom stereocenters. The SMILES string of the molecule is C=CC(=O)N1CC(Nc2c(C#N)c(OCC3CCCN3C)nc3c2CCN(c2c(C)cccc2C(F)(F)F)C3)C1. The minimum Gasteiger partial charge on any atom is -0.475 e. The fraction of sp³-hybridized carbons (Fsp3) is 0.483. The molecule has 8 nitrogen and oxygen atoms in total. The fourth-order valence-electron chi connectivity index (χ4n) is 5.87. The highest BCUT2D eigenvalue weighted by atomic mass is 19.4. The van der Waals surface area contributed by atoms with Crippen LogP contribution in [0.15, 0.2) is 30.9 Å². The molecule has 0 radical (unpaired) electrons. The van der Waals surface area contributed by atoms with Crippen molar-refractivity contribution >= 4 is 17.3 Å². The quantitative estimate of drug-likeness (QED) is 0.516. The molecule has 0 saturated carbocycles. The number of aryl methyl sites for hydroxylation is 1. The number of rotatable bonds is 7. The maximum atomic E-state index is 13.9. The molecule has 1 N–H and O–H groups in total. The summed E-state index contributed by atoms with van der Waals surface area (Å²) in [6.07, 6.45) is -0.780. The van der Waals surface area contributed by atoms with Crippen LogP contribution in [-0.2, 0) is 23.9 Å². The highest BCUT2D eigenvalue weighted by molar-refractivity contribution is 5.88. The lowest BCUT2D eigenvalue weighted by Gasteiger charge is -2.41. The summed E-state index contributed by atoms with van der Waals surface area (Å²) in [5.41, 5.74) is 2.27. The number of ether oxygens (including phenoxy) is 1. The first-order valence-corrected chi connectivity index (χ1v) is 13.5. The highest BCUT2D eigenvalue weighted by Gasteiger charge is 2.38. The number of anilines is 2. The summed E-state index contributed by atoms with van der Waals surface area (Å²) >= 11 is 0. The van der Waals surface area contributed by atoms with Gasteiger partial charge in [0, 0.05) is 31.2 Å². The van der Waals surface area contributed by atoms with Crippen LogP contribution in [0.5, 0.6) is 5.88 Å². The first kappa shape index (κ1) is 27.8. The number of likely N-dealkylation sites (tertiary alicyclic amines) is 2. The molecule has 1 atom stereocenters. The molecule has 212 valence electrons. The number of nitrogens with one attached hydrogen (secondary N) is 1. The number of aromatic nitrogens is 1. The van der Waals surface area contributed by atoms with Gasteiger partial charge in [0.1, 0.15) is 18.2 Å². The summed E-state index contributed by atoms with van der Waals surface area (Å²) in [6, 6.07) is 6.58. The van der Waals surface area contributed by atoms with Crippen molar-refractivity contribution in [2.75, 3.05) is 50.1 Å². The first-order chi connectivity index (χ1) is 19.1. The molecule has 2 aromatic rings. The normalized spacial score (nSPS) is 19.6. The van der Waals surface area contributed by atoms with Gasteiger partial charge in [-0.05, 0) is 57.5 Å². The van der Waals surface area contributed by atoms with Gasteiger partial charge in [0.05, 0.1) is 35.2 Å². The van der Waals surface area contributed by atoms with Crippen molar-refractivity contribution in [2.45, 2.75) is 51.0 Å². The van der Waals surface area contributed by atoms with Gasteiger partial charge in [-0.3, -0.25) is 4.79 Å². The average Bonchev–Trinajstić information content (AvgIpc) is 3.31. The Bertz CT molecular complexity index is 1350. The minimum absolute atomic E-state index is 0.0810. The van der Waals surface area contributed by atoms with Crippen molar-refractivity contribution in [2.24, 2.45) is 0 Å². The van der Waals surface area contributed by atoms with Gasteiger partial charge in [-0.15, -0.1) is 0 Å². The number of alkyl halides is 3. The van der Waals surface area contributed by atoms with E-state index < -0.39 is 11.7 Å². The smallest absolute Gasteiger partial charge is 0.418 e. The third-order valence-electron chi connectivity index (χ3n) is 8.09. The number of halogens is 3. The van der Waals surface area contributed by atoms with Crippen LogP contribution >= 0.6 is 0 Å². The molecule has 5 rings (SSSR count). The second-order valence-corrected chi connectivity index (χ2v) is 10.7. The summed E-state index contributed by atoms with van der Waals surface area (Å²) in [6.45, 7) is 7.94. The van der Waals surface area contributed by atoms with Gasteiger partial charge in [-0.1, -0.05) is 18.7 Å². The highest BCUT2D eigenvalue weighted by Crippen LogP contribution is 2.42. The van der Waals surface area contributed by atoms with E-state index in [1.165, 1.54) is 12.1 Å². The third-order valence-corrected chi connectivity index (χ3v) is 8.09. The van der Waals surface area contributed by atoms with E-state index in [2.05, 4.69) is 22.9 Å². The number of hydrogen-bond acceptors (Lipinski definition) is 7. The topological polar surface area (TPSA) is 84.7 Å². The van der Waals surface area contributed by atoms with Crippen LogP contribution in [0.25, 0.3) is 0 Å². The number of carbonyl (C=O) groups excluding carboxylic acids is 1. The Hall–Kier alpha value is -3.78. The second kappa shape index (κ2) is 11.0. The zero-order chi connectivity index (χ0) is 28.6. The number of fused-ring (bicyclic) bond motifs is 1. The summed E-state index contributed by atoms with van der Waals surface area (Å²) in [4.78, 5) is 22.2. The zero-order valence-corrected chi connectivity index (χ0v) is 22.7. The third kappa shape index (κ3) is 5.32.